The molecular weight excluding hydrogens is 334 g/mol. The number of hydrogen-bond acceptors (Lipinski definition) is 5. The predicted molar refractivity (Wildman–Crippen MR) is 93.9 cm³/mol. The minimum Gasteiger partial charge on any atom is -0.446 e. The highest BCUT2D eigenvalue weighted by molar-refractivity contribution is 6.06. The molecule has 1 aromatic rings. The number of ether oxygens (including phenoxy) is 1. The highest BCUT2D eigenvalue weighted by Crippen LogP contribution is 2.57. The van der Waals surface area contributed by atoms with E-state index in [4.69, 9.17) is 10.5 Å². The van der Waals surface area contributed by atoms with Crippen LogP contribution in [-0.4, -0.2) is 42.0 Å². The molecule has 1 heterocycles. The van der Waals surface area contributed by atoms with E-state index < -0.39 is 6.09 Å². The lowest BCUT2D eigenvalue weighted by Crippen LogP contribution is -2.37. The number of nitrogens with zero attached hydrogens (tertiary/aromatic N) is 1. The van der Waals surface area contributed by atoms with Crippen molar-refractivity contribution in [3.8, 4) is 0 Å². The lowest BCUT2D eigenvalue weighted by atomic mass is 9.79. The molecule has 0 radical (unpaired) electrons. The summed E-state index contributed by atoms with van der Waals surface area (Å²) < 4.78 is 5.61. The van der Waals surface area contributed by atoms with Crippen molar-refractivity contribution in [3.05, 3.63) is 30.3 Å². The molecule has 0 spiro atoms. The monoisotopic (exact) mass is 357 g/mol. The molecular formula is C19H23N3O4. The second-order valence-corrected chi connectivity index (χ2v) is 7.35. The molecule has 1 aliphatic heterocycles. The smallest absolute Gasteiger partial charge is 0.411 e. The maximum atomic E-state index is 12.7. The molecule has 7 heteroatoms. The summed E-state index contributed by atoms with van der Waals surface area (Å²) in [5.41, 5.74) is 6.17. The molecule has 4 rings (SSSR count). The summed E-state index contributed by atoms with van der Waals surface area (Å²) in [6, 6.07) is 9.10. The highest BCUT2D eigenvalue weighted by atomic mass is 16.6. The number of fused-ring (bicyclic) bond motifs is 5. The van der Waals surface area contributed by atoms with Gasteiger partial charge in [0, 0.05) is 18.2 Å². The molecule has 1 aromatic carbocycles. The van der Waals surface area contributed by atoms with Gasteiger partial charge in [0.05, 0.1) is 11.8 Å². The van der Waals surface area contributed by atoms with Crippen LogP contribution in [0.2, 0.25) is 0 Å². The summed E-state index contributed by atoms with van der Waals surface area (Å²) in [4.78, 5) is 38.9. The van der Waals surface area contributed by atoms with Crippen LogP contribution in [0.15, 0.2) is 30.3 Å². The minimum atomic E-state index is -0.512. The van der Waals surface area contributed by atoms with Gasteiger partial charge in [-0.3, -0.25) is 19.8 Å². The Balaban J connectivity index is 1.41. The molecule has 3 amide bonds. The number of rotatable bonds is 5. The van der Waals surface area contributed by atoms with E-state index in [2.05, 4.69) is 5.32 Å². The number of benzene rings is 1. The first-order chi connectivity index (χ1) is 12.6. The van der Waals surface area contributed by atoms with Crippen LogP contribution in [0.1, 0.15) is 19.3 Å². The number of nitrogens with two attached hydrogens (primary N) is 1. The number of carbonyl (C=O) groups is 3. The Morgan fingerprint density at radius 2 is 1.88 bits per heavy atom. The van der Waals surface area contributed by atoms with Crippen molar-refractivity contribution < 1.29 is 19.1 Å². The van der Waals surface area contributed by atoms with Crippen molar-refractivity contribution in [2.24, 2.45) is 29.4 Å². The number of carbonyl (C=O) groups excluding carboxylic acids is 3. The molecule has 5 unspecified atom stereocenters. The molecule has 5 atom stereocenters. The van der Waals surface area contributed by atoms with Crippen molar-refractivity contribution in [3.63, 3.8) is 0 Å². The summed E-state index contributed by atoms with van der Waals surface area (Å²) in [5, 5.41) is 2.71. The van der Waals surface area contributed by atoms with Gasteiger partial charge in [-0.05, 0) is 43.9 Å². The zero-order chi connectivity index (χ0) is 18.3. The maximum absolute atomic E-state index is 12.7. The summed E-state index contributed by atoms with van der Waals surface area (Å²) >= 11 is 0. The zero-order valence-electron chi connectivity index (χ0n) is 14.5. The van der Waals surface area contributed by atoms with Crippen molar-refractivity contribution in [2.45, 2.75) is 25.4 Å². The molecule has 1 saturated heterocycles. The van der Waals surface area contributed by atoms with Gasteiger partial charge in [-0.15, -0.1) is 0 Å². The number of likely N-dealkylation sites (tertiary alicyclic amines) is 1. The van der Waals surface area contributed by atoms with Gasteiger partial charge < -0.3 is 10.5 Å². The van der Waals surface area contributed by atoms with Crippen molar-refractivity contribution in [1.82, 2.24) is 4.90 Å². The van der Waals surface area contributed by atoms with Crippen LogP contribution in [0.4, 0.5) is 10.5 Å². The van der Waals surface area contributed by atoms with Crippen LogP contribution in [0.25, 0.3) is 0 Å². The van der Waals surface area contributed by atoms with E-state index in [9.17, 15) is 14.4 Å². The Kier molecular flexibility index (Phi) is 4.40. The Morgan fingerprint density at radius 3 is 2.62 bits per heavy atom. The van der Waals surface area contributed by atoms with E-state index in [0.717, 1.165) is 6.42 Å². The quantitative estimate of drug-likeness (QED) is 0.779. The topological polar surface area (TPSA) is 102 Å². The predicted octanol–water partition coefficient (Wildman–Crippen LogP) is 1.59. The number of imide groups is 1. The standard InChI is InChI=1S/C19H23N3O4/c20-7-4-8-22-17(23)15-11-9-13(16(15)18(22)24)14(10-11)26-19(25)21-12-5-2-1-3-6-12/h1-3,5-6,11,13-16H,4,7-10,20H2,(H,21,25). The second-order valence-electron chi connectivity index (χ2n) is 7.35. The van der Waals surface area contributed by atoms with E-state index >= 15 is 0 Å². The number of nitrogens with one attached hydrogen (secondary N) is 1. The third kappa shape index (κ3) is 2.76. The molecule has 0 aromatic heterocycles. The molecule has 138 valence electrons. The Morgan fingerprint density at radius 1 is 1.15 bits per heavy atom. The van der Waals surface area contributed by atoms with Gasteiger partial charge in [-0.1, -0.05) is 18.2 Å². The minimum absolute atomic E-state index is 0.0619. The van der Waals surface area contributed by atoms with E-state index in [0.29, 0.717) is 31.6 Å². The second kappa shape index (κ2) is 6.72. The van der Waals surface area contributed by atoms with Gasteiger partial charge in [0.2, 0.25) is 11.8 Å². The van der Waals surface area contributed by atoms with Gasteiger partial charge in [-0.2, -0.15) is 0 Å². The van der Waals surface area contributed by atoms with Gasteiger partial charge in [0.1, 0.15) is 6.10 Å². The molecule has 3 aliphatic rings. The van der Waals surface area contributed by atoms with Crippen LogP contribution >= 0.6 is 0 Å². The average Bonchev–Trinajstić information content (AvgIpc) is 3.26. The molecule has 26 heavy (non-hydrogen) atoms. The number of anilines is 1. The van der Waals surface area contributed by atoms with Crippen LogP contribution in [0, 0.1) is 23.7 Å². The van der Waals surface area contributed by atoms with E-state index in [1.165, 1.54) is 4.90 Å². The first-order valence-corrected chi connectivity index (χ1v) is 9.18. The Hall–Kier alpha value is -2.41. The van der Waals surface area contributed by atoms with Crippen molar-refractivity contribution in [1.29, 1.82) is 0 Å². The normalized spacial score (nSPS) is 32.0. The molecule has 2 aliphatic carbocycles. The molecule has 7 nitrogen and oxygen atoms in total. The first-order valence-electron chi connectivity index (χ1n) is 9.18. The lowest BCUT2D eigenvalue weighted by molar-refractivity contribution is -0.140. The molecule has 2 saturated carbocycles. The van der Waals surface area contributed by atoms with Gasteiger partial charge in [0.15, 0.2) is 0 Å². The fraction of sp³-hybridized carbons (Fsp3) is 0.526. The maximum Gasteiger partial charge on any atom is 0.411 e. The Bertz CT molecular complexity index is 723. The van der Waals surface area contributed by atoms with Crippen molar-refractivity contribution in [2.75, 3.05) is 18.4 Å². The third-order valence-corrected chi connectivity index (χ3v) is 5.91. The van der Waals surface area contributed by atoms with E-state index in [1.807, 2.05) is 18.2 Å². The summed E-state index contributed by atoms with van der Waals surface area (Å²) in [6.07, 6.45) is 1.22. The lowest BCUT2D eigenvalue weighted by Gasteiger charge is -2.28. The fourth-order valence-electron chi connectivity index (χ4n) is 4.87. The van der Waals surface area contributed by atoms with Crippen molar-refractivity contribution >= 4 is 23.6 Å². The number of amides is 3. The summed E-state index contributed by atoms with van der Waals surface area (Å²) in [5.74, 6) is -0.689. The molecule has 3 N–H and O–H groups in total. The van der Waals surface area contributed by atoms with Crippen LogP contribution in [0.5, 0.6) is 0 Å². The largest absolute Gasteiger partial charge is 0.446 e. The summed E-state index contributed by atoms with van der Waals surface area (Å²) in [6.45, 7) is 0.839. The highest BCUT2D eigenvalue weighted by Gasteiger charge is 2.64. The summed E-state index contributed by atoms with van der Waals surface area (Å²) in [7, 11) is 0. The Labute approximate surface area is 151 Å². The molecule has 2 bridgehead atoms. The average molecular weight is 357 g/mol. The van der Waals surface area contributed by atoms with E-state index in [-0.39, 0.29) is 41.6 Å². The third-order valence-electron chi connectivity index (χ3n) is 5.91. The SMILES string of the molecule is NCCCN1C(=O)C2C3CC(OC(=O)Nc4ccccc4)C(C3)C2C1=O. The van der Waals surface area contributed by atoms with Gasteiger partial charge >= 0.3 is 6.09 Å². The first kappa shape index (κ1) is 17.0. The number of hydrogen-bond donors (Lipinski definition) is 2. The van der Waals surface area contributed by atoms with Gasteiger partial charge in [0.25, 0.3) is 0 Å². The van der Waals surface area contributed by atoms with Crippen LogP contribution in [-0.2, 0) is 14.3 Å². The zero-order valence-corrected chi connectivity index (χ0v) is 14.5. The van der Waals surface area contributed by atoms with Crippen LogP contribution < -0.4 is 11.1 Å². The van der Waals surface area contributed by atoms with Gasteiger partial charge in [-0.25, -0.2) is 4.79 Å². The number of para-hydroxylation sites is 1. The fourth-order valence-corrected chi connectivity index (χ4v) is 4.87. The van der Waals surface area contributed by atoms with Crippen LogP contribution in [0.3, 0.4) is 0 Å². The molecule has 3 fully saturated rings. The van der Waals surface area contributed by atoms with E-state index in [1.54, 1.807) is 12.1 Å².